The van der Waals surface area contributed by atoms with E-state index in [1.807, 2.05) is 18.2 Å². The van der Waals surface area contributed by atoms with Crippen LogP contribution in [0.5, 0.6) is 0 Å². The van der Waals surface area contributed by atoms with E-state index in [1.165, 1.54) is 17.7 Å². The van der Waals surface area contributed by atoms with Gasteiger partial charge < -0.3 is 4.90 Å². The molecule has 0 spiro atoms. The van der Waals surface area contributed by atoms with E-state index >= 15 is 0 Å². The van der Waals surface area contributed by atoms with Crippen LogP contribution in [-0.2, 0) is 0 Å². The summed E-state index contributed by atoms with van der Waals surface area (Å²) in [5.74, 6) is 1.71. The summed E-state index contributed by atoms with van der Waals surface area (Å²) in [5, 5.41) is 0. The van der Waals surface area contributed by atoms with E-state index in [9.17, 15) is 9.59 Å². The highest BCUT2D eigenvalue weighted by molar-refractivity contribution is 6.21. The second-order valence-electron chi connectivity index (χ2n) is 8.99. The summed E-state index contributed by atoms with van der Waals surface area (Å²) in [4.78, 5) is 40.3. The lowest BCUT2D eigenvalue weighted by atomic mass is 9.81. The molecule has 0 unspecified atom stereocenters. The summed E-state index contributed by atoms with van der Waals surface area (Å²) in [7, 11) is 0. The third-order valence-corrected chi connectivity index (χ3v) is 7.01. The first-order chi connectivity index (χ1) is 15.2. The van der Waals surface area contributed by atoms with E-state index in [-0.39, 0.29) is 11.8 Å². The van der Waals surface area contributed by atoms with E-state index < -0.39 is 0 Å². The van der Waals surface area contributed by atoms with Crippen molar-refractivity contribution >= 4 is 17.8 Å². The van der Waals surface area contributed by atoms with Crippen LogP contribution < -0.4 is 4.90 Å². The summed E-state index contributed by atoms with van der Waals surface area (Å²) >= 11 is 0. The molecule has 1 saturated heterocycles. The molecule has 162 valence electrons. The zero-order valence-electron chi connectivity index (χ0n) is 17.8. The molecular weight excluding hydrogens is 390 g/mol. The molecular formula is C24H29N5O2. The summed E-state index contributed by atoms with van der Waals surface area (Å²) < 4.78 is 0. The fourth-order valence-corrected chi connectivity index (χ4v) is 5.21. The van der Waals surface area contributed by atoms with Gasteiger partial charge in [-0.05, 0) is 55.7 Å². The minimum atomic E-state index is -0.122. The Hall–Kier alpha value is -2.80. The van der Waals surface area contributed by atoms with Gasteiger partial charge in [0, 0.05) is 51.7 Å². The summed E-state index contributed by atoms with van der Waals surface area (Å²) in [6, 6.07) is 9.02. The van der Waals surface area contributed by atoms with Crippen molar-refractivity contribution in [1.29, 1.82) is 0 Å². The lowest BCUT2D eigenvalue weighted by molar-refractivity contribution is 0.0605. The zero-order valence-corrected chi connectivity index (χ0v) is 17.8. The van der Waals surface area contributed by atoms with E-state index in [0.717, 1.165) is 51.5 Å². The van der Waals surface area contributed by atoms with Crippen LogP contribution in [-0.4, -0.2) is 70.9 Å². The van der Waals surface area contributed by atoms with Gasteiger partial charge in [-0.3, -0.25) is 19.4 Å². The molecule has 3 aliphatic rings. The average molecular weight is 420 g/mol. The number of aromatic nitrogens is 2. The molecule has 1 aromatic carbocycles. The molecule has 1 saturated carbocycles. The van der Waals surface area contributed by atoms with Gasteiger partial charge in [0.25, 0.3) is 11.8 Å². The van der Waals surface area contributed by atoms with Crippen LogP contribution in [0.1, 0.15) is 46.4 Å². The first-order valence-electron chi connectivity index (χ1n) is 11.4. The molecule has 3 heterocycles. The molecule has 2 amide bonds. The highest BCUT2D eigenvalue weighted by atomic mass is 16.2. The SMILES string of the molecule is O=C1c2ccccc2C(=O)N1CC1CCC(CN2CCN(c3ncccn3)CC2)CC1. The predicted molar refractivity (Wildman–Crippen MR) is 118 cm³/mol. The van der Waals surface area contributed by atoms with Gasteiger partial charge in [0.15, 0.2) is 0 Å². The molecule has 0 radical (unpaired) electrons. The van der Waals surface area contributed by atoms with Gasteiger partial charge >= 0.3 is 0 Å². The summed E-state index contributed by atoms with van der Waals surface area (Å²) in [6.45, 7) is 5.75. The number of carbonyl (C=O) groups excluding carboxylic acids is 2. The van der Waals surface area contributed by atoms with Crippen molar-refractivity contribution in [1.82, 2.24) is 19.8 Å². The van der Waals surface area contributed by atoms with Crippen LogP contribution in [0.4, 0.5) is 5.95 Å². The van der Waals surface area contributed by atoms with Crippen molar-refractivity contribution in [2.24, 2.45) is 11.8 Å². The highest BCUT2D eigenvalue weighted by Gasteiger charge is 2.37. The number of carbonyl (C=O) groups is 2. The van der Waals surface area contributed by atoms with Gasteiger partial charge in [0.1, 0.15) is 0 Å². The average Bonchev–Trinajstić information content (AvgIpc) is 3.06. The van der Waals surface area contributed by atoms with Crippen molar-refractivity contribution in [3.05, 3.63) is 53.9 Å². The molecule has 31 heavy (non-hydrogen) atoms. The molecule has 7 nitrogen and oxygen atoms in total. The maximum Gasteiger partial charge on any atom is 0.261 e. The fourth-order valence-electron chi connectivity index (χ4n) is 5.21. The molecule has 0 atom stereocenters. The Morgan fingerprint density at radius 1 is 0.742 bits per heavy atom. The second kappa shape index (κ2) is 8.75. The molecule has 2 fully saturated rings. The first-order valence-corrected chi connectivity index (χ1v) is 11.4. The summed E-state index contributed by atoms with van der Waals surface area (Å²) in [5.41, 5.74) is 1.11. The molecule has 2 aliphatic heterocycles. The van der Waals surface area contributed by atoms with Gasteiger partial charge in [-0.1, -0.05) is 12.1 Å². The number of hydrogen-bond acceptors (Lipinski definition) is 6. The Morgan fingerprint density at radius 2 is 1.29 bits per heavy atom. The third-order valence-electron chi connectivity index (χ3n) is 7.01. The Morgan fingerprint density at radius 3 is 1.87 bits per heavy atom. The normalized spacial score (nSPS) is 24.5. The molecule has 1 aromatic heterocycles. The topological polar surface area (TPSA) is 69.6 Å². The van der Waals surface area contributed by atoms with Crippen molar-refractivity contribution in [2.45, 2.75) is 25.7 Å². The zero-order chi connectivity index (χ0) is 21.2. The van der Waals surface area contributed by atoms with Crippen LogP contribution in [0.25, 0.3) is 0 Å². The number of rotatable bonds is 5. The van der Waals surface area contributed by atoms with E-state index in [4.69, 9.17) is 0 Å². The largest absolute Gasteiger partial charge is 0.338 e. The maximum absolute atomic E-state index is 12.6. The molecule has 7 heteroatoms. The van der Waals surface area contributed by atoms with Crippen LogP contribution in [0.3, 0.4) is 0 Å². The molecule has 0 bridgehead atoms. The van der Waals surface area contributed by atoms with Gasteiger partial charge in [-0.15, -0.1) is 0 Å². The predicted octanol–water partition coefficient (Wildman–Crippen LogP) is 2.70. The minimum absolute atomic E-state index is 0.122. The van der Waals surface area contributed by atoms with E-state index in [1.54, 1.807) is 24.5 Å². The maximum atomic E-state index is 12.6. The number of fused-ring (bicyclic) bond motifs is 1. The van der Waals surface area contributed by atoms with Gasteiger partial charge in [0.05, 0.1) is 11.1 Å². The Labute approximate surface area is 183 Å². The number of nitrogens with zero attached hydrogens (tertiary/aromatic N) is 5. The number of piperazine rings is 1. The number of anilines is 1. The Bertz CT molecular complexity index is 899. The van der Waals surface area contributed by atoms with Crippen molar-refractivity contribution < 1.29 is 9.59 Å². The number of hydrogen-bond donors (Lipinski definition) is 0. The first kappa shape index (κ1) is 20.1. The molecule has 1 aliphatic carbocycles. The van der Waals surface area contributed by atoms with Gasteiger partial charge in [-0.2, -0.15) is 0 Å². The number of benzene rings is 1. The number of amides is 2. The van der Waals surface area contributed by atoms with Crippen LogP contribution in [0.15, 0.2) is 42.7 Å². The second-order valence-corrected chi connectivity index (χ2v) is 8.99. The van der Waals surface area contributed by atoms with Crippen LogP contribution >= 0.6 is 0 Å². The van der Waals surface area contributed by atoms with Crippen molar-refractivity contribution in [3.8, 4) is 0 Å². The lowest BCUT2D eigenvalue weighted by Gasteiger charge is -2.38. The molecule has 5 rings (SSSR count). The quantitative estimate of drug-likeness (QED) is 0.694. The van der Waals surface area contributed by atoms with Gasteiger partial charge in [0.2, 0.25) is 5.95 Å². The van der Waals surface area contributed by atoms with Crippen LogP contribution in [0.2, 0.25) is 0 Å². The lowest BCUT2D eigenvalue weighted by Crippen LogP contribution is -2.48. The molecule has 0 N–H and O–H groups in total. The molecule has 2 aromatic rings. The summed E-state index contributed by atoms with van der Waals surface area (Å²) in [6.07, 6.45) is 8.14. The van der Waals surface area contributed by atoms with Gasteiger partial charge in [-0.25, -0.2) is 9.97 Å². The minimum Gasteiger partial charge on any atom is -0.338 e. The fraction of sp³-hybridized carbons (Fsp3) is 0.500. The monoisotopic (exact) mass is 419 g/mol. The van der Waals surface area contributed by atoms with Crippen LogP contribution in [0, 0.1) is 11.8 Å². The highest BCUT2D eigenvalue weighted by Crippen LogP contribution is 2.32. The van der Waals surface area contributed by atoms with Crippen molar-refractivity contribution in [3.63, 3.8) is 0 Å². The Balaban J connectivity index is 1.07. The van der Waals surface area contributed by atoms with E-state index in [2.05, 4.69) is 19.8 Å². The third kappa shape index (κ3) is 4.19. The van der Waals surface area contributed by atoms with E-state index in [0.29, 0.717) is 29.5 Å². The standard InChI is InChI=1S/C24H29N5O2/c30-22-20-4-1-2-5-21(20)23(31)29(22)17-19-8-6-18(7-9-19)16-27-12-14-28(15-13-27)24-25-10-3-11-26-24/h1-5,10-11,18-19H,6-9,12-17H2. The smallest absolute Gasteiger partial charge is 0.261 e. The Kier molecular flexibility index (Phi) is 5.68. The number of imide groups is 1. The van der Waals surface area contributed by atoms with Crippen molar-refractivity contribution in [2.75, 3.05) is 44.2 Å².